The van der Waals surface area contributed by atoms with E-state index in [1.165, 1.54) is 6.07 Å². The Bertz CT molecular complexity index is 781. The highest BCUT2D eigenvalue weighted by Crippen LogP contribution is 2.29. The molecular formula is C14H16N2O4S. The molecule has 1 aliphatic heterocycles. The molecule has 21 heavy (non-hydrogen) atoms. The zero-order valence-corrected chi connectivity index (χ0v) is 12.0. The number of β-amino-alcohol motifs (C(OH)–C–C–N with tert-alkyl or cyclic N) is 2. The molecule has 0 saturated carbocycles. The van der Waals surface area contributed by atoms with Crippen molar-refractivity contribution in [1.82, 2.24) is 4.31 Å². The summed E-state index contributed by atoms with van der Waals surface area (Å²) in [4.78, 5) is 0.154. The van der Waals surface area contributed by atoms with Gasteiger partial charge in [0.15, 0.2) is 0 Å². The van der Waals surface area contributed by atoms with Crippen molar-refractivity contribution in [2.75, 3.05) is 18.8 Å². The van der Waals surface area contributed by atoms with Gasteiger partial charge >= 0.3 is 0 Å². The Morgan fingerprint density at radius 3 is 2.43 bits per heavy atom. The maximum absolute atomic E-state index is 12.7. The van der Waals surface area contributed by atoms with Gasteiger partial charge in [0.05, 0.1) is 17.1 Å². The fourth-order valence-electron chi connectivity index (χ4n) is 2.57. The molecule has 1 fully saturated rings. The maximum Gasteiger partial charge on any atom is 0.243 e. The van der Waals surface area contributed by atoms with E-state index in [4.69, 9.17) is 5.73 Å². The van der Waals surface area contributed by atoms with Gasteiger partial charge in [0.2, 0.25) is 10.0 Å². The van der Waals surface area contributed by atoms with Gasteiger partial charge in [-0.3, -0.25) is 0 Å². The van der Waals surface area contributed by atoms with Crippen LogP contribution in [0.2, 0.25) is 0 Å². The Balaban J connectivity index is 2.12. The van der Waals surface area contributed by atoms with Crippen LogP contribution in [0.15, 0.2) is 41.3 Å². The lowest BCUT2D eigenvalue weighted by Gasteiger charge is -2.17. The number of fused-ring (bicyclic) bond motifs is 1. The number of hydrogen-bond donors (Lipinski definition) is 3. The summed E-state index contributed by atoms with van der Waals surface area (Å²) in [5.74, 6) is 0. The Labute approximate surface area is 122 Å². The topological polar surface area (TPSA) is 104 Å². The first-order valence-electron chi connectivity index (χ1n) is 6.54. The van der Waals surface area contributed by atoms with Gasteiger partial charge in [-0.1, -0.05) is 18.2 Å². The van der Waals surface area contributed by atoms with Crippen LogP contribution in [-0.4, -0.2) is 48.2 Å². The van der Waals surface area contributed by atoms with Gasteiger partial charge in [-0.25, -0.2) is 8.42 Å². The lowest BCUT2D eigenvalue weighted by Crippen LogP contribution is -2.30. The molecule has 1 heterocycles. The summed E-state index contributed by atoms with van der Waals surface area (Å²) in [5, 5.41) is 20.4. The van der Waals surface area contributed by atoms with Crippen molar-refractivity contribution in [2.45, 2.75) is 17.1 Å². The van der Waals surface area contributed by atoms with Gasteiger partial charge in [-0.2, -0.15) is 4.31 Å². The van der Waals surface area contributed by atoms with Crippen LogP contribution >= 0.6 is 0 Å². The van der Waals surface area contributed by atoms with Gasteiger partial charge in [-0.15, -0.1) is 0 Å². The minimum Gasteiger partial charge on any atom is -0.399 e. The molecule has 2 unspecified atom stereocenters. The third-order valence-electron chi connectivity index (χ3n) is 3.71. The molecule has 2 aromatic rings. The molecule has 0 aliphatic carbocycles. The number of sulfonamides is 1. The molecule has 0 amide bonds. The number of aliphatic hydroxyl groups excluding tert-OH is 2. The van der Waals surface area contributed by atoms with E-state index in [1.54, 1.807) is 30.3 Å². The number of nitrogens with zero attached hydrogens (tertiary/aromatic N) is 1. The monoisotopic (exact) mass is 308 g/mol. The highest BCUT2D eigenvalue weighted by molar-refractivity contribution is 7.89. The van der Waals surface area contributed by atoms with E-state index in [0.29, 0.717) is 11.1 Å². The van der Waals surface area contributed by atoms with Crippen LogP contribution in [0.25, 0.3) is 10.8 Å². The van der Waals surface area contributed by atoms with Crippen molar-refractivity contribution in [3.8, 4) is 0 Å². The molecule has 112 valence electrons. The predicted molar refractivity (Wildman–Crippen MR) is 79.1 cm³/mol. The number of nitrogens with two attached hydrogens (primary N) is 1. The molecule has 0 radical (unpaired) electrons. The van der Waals surface area contributed by atoms with Crippen LogP contribution in [-0.2, 0) is 10.0 Å². The third kappa shape index (κ3) is 2.38. The zero-order chi connectivity index (χ0) is 15.2. The summed E-state index contributed by atoms with van der Waals surface area (Å²) in [6.07, 6.45) is -2.10. The second kappa shape index (κ2) is 4.96. The molecule has 0 bridgehead atoms. The second-order valence-electron chi connectivity index (χ2n) is 5.19. The Morgan fingerprint density at radius 2 is 1.76 bits per heavy atom. The van der Waals surface area contributed by atoms with Crippen LogP contribution in [0.5, 0.6) is 0 Å². The van der Waals surface area contributed by atoms with Crippen LogP contribution in [0, 0.1) is 0 Å². The van der Waals surface area contributed by atoms with E-state index >= 15 is 0 Å². The largest absolute Gasteiger partial charge is 0.399 e. The predicted octanol–water partition coefficient (Wildman–Crippen LogP) is 0.148. The van der Waals surface area contributed by atoms with Crippen molar-refractivity contribution in [3.63, 3.8) is 0 Å². The summed E-state index contributed by atoms with van der Waals surface area (Å²) in [6, 6.07) is 9.98. The third-order valence-corrected chi connectivity index (χ3v) is 5.60. The van der Waals surface area contributed by atoms with E-state index in [9.17, 15) is 18.6 Å². The molecule has 0 spiro atoms. The highest BCUT2D eigenvalue weighted by atomic mass is 32.2. The number of aliphatic hydroxyl groups is 2. The molecule has 0 aromatic heterocycles. The molecule has 3 rings (SSSR count). The number of nitrogen functional groups attached to an aromatic ring is 1. The van der Waals surface area contributed by atoms with Crippen LogP contribution < -0.4 is 5.73 Å². The highest BCUT2D eigenvalue weighted by Gasteiger charge is 2.38. The van der Waals surface area contributed by atoms with Crippen molar-refractivity contribution < 1.29 is 18.6 Å². The van der Waals surface area contributed by atoms with Crippen molar-refractivity contribution in [2.24, 2.45) is 0 Å². The van der Waals surface area contributed by atoms with Gasteiger partial charge in [0, 0.05) is 24.2 Å². The van der Waals surface area contributed by atoms with Crippen LogP contribution in [0.3, 0.4) is 0 Å². The average Bonchev–Trinajstić information content (AvgIpc) is 2.78. The first-order chi connectivity index (χ1) is 9.89. The summed E-state index contributed by atoms with van der Waals surface area (Å²) in [7, 11) is -3.77. The molecule has 2 atom stereocenters. The molecular weight excluding hydrogens is 292 g/mol. The smallest absolute Gasteiger partial charge is 0.243 e. The van der Waals surface area contributed by atoms with Gasteiger partial charge in [0.1, 0.15) is 0 Å². The normalized spacial score (nSPS) is 23.7. The zero-order valence-electron chi connectivity index (χ0n) is 11.2. The molecule has 2 aromatic carbocycles. The Morgan fingerprint density at radius 1 is 1.10 bits per heavy atom. The summed E-state index contributed by atoms with van der Waals surface area (Å²) >= 11 is 0. The minimum absolute atomic E-state index is 0.102. The number of anilines is 1. The summed E-state index contributed by atoms with van der Waals surface area (Å²) in [5.41, 5.74) is 6.27. The van der Waals surface area contributed by atoms with E-state index in [-0.39, 0.29) is 18.0 Å². The van der Waals surface area contributed by atoms with E-state index in [0.717, 1.165) is 9.69 Å². The number of hydrogen-bond acceptors (Lipinski definition) is 5. The molecule has 1 aliphatic rings. The van der Waals surface area contributed by atoms with Crippen LogP contribution in [0.4, 0.5) is 5.69 Å². The second-order valence-corrected chi connectivity index (χ2v) is 7.10. The molecule has 4 N–H and O–H groups in total. The van der Waals surface area contributed by atoms with E-state index in [1.807, 2.05) is 0 Å². The summed E-state index contributed by atoms with van der Waals surface area (Å²) < 4.78 is 26.5. The molecule has 7 heteroatoms. The molecule has 6 nitrogen and oxygen atoms in total. The number of benzene rings is 2. The average molecular weight is 308 g/mol. The van der Waals surface area contributed by atoms with Crippen molar-refractivity contribution in [3.05, 3.63) is 36.4 Å². The fraction of sp³-hybridized carbons (Fsp3) is 0.286. The lowest BCUT2D eigenvalue weighted by atomic mass is 10.1. The van der Waals surface area contributed by atoms with Gasteiger partial charge in [-0.05, 0) is 23.6 Å². The SMILES string of the molecule is Nc1ccc2c(S(=O)(=O)N3CC(O)C(O)C3)cccc2c1. The molecule has 1 saturated heterocycles. The standard InChI is InChI=1S/C14H16N2O4S/c15-10-4-5-11-9(6-10)2-1-3-14(11)21(19,20)16-7-12(17)13(18)8-16/h1-6,12-13,17-18H,7-8,15H2. The van der Waals surface area contributed by atoms with Crippen molar-refractivity contribution >= 4 is 26.5 Å². The van der Waals surface area contributed by atoms with Gasteiger partial charge in [0.25, 0.3) is 0 Å². The first-order valence-corrected chi connectivity index (χ1v) is 7.98. The van der Waals surface area contributed by atoms with E-state index in [2.05, 4.69) is 0 Å². The number of rotatable bonds is 2. The van der Waals surface area contributed by atoms with Crippen LogP contribution in [0.1, 0.15) is 0 Å². The Hall–Kier alpha value is -1.67. The van der Waals surface area contributed by atoms with E-state index < -0.39 is 22.2 Å². The maximum atomic E-state index is 12.7. The quantitative estimate of drug-likeness (QED) is 0.685. The lowest BCUT2D eigenvalue weighted by molar-refractivity contribution is 0.0572. The summed E-state index contributed by atoms with van der Waals surface area (Å²) in [6.45, 7) is -0.205. The van der Waals surface area contributed by atoms with Crippen molar-refractivity contribution in [1.29, 1.82) is 0 Å². The minimum atomic E-state index is -3.77. The fourth-order valence-corrected chi connectivity index (χ4v) is 4.26. The Kier molecular flexibility index (Phi) is 3.37. The van der Waals surface area contributed by atoms with Gasteiger partial charge < -0.3 is 15.9 Å². The first kappa shape index (κ1) is 14.3.